The molecule has 1 aromatic carbocycles. The van der Waals surface area contributed by atoms with Crippen LogP contribution in [0.1, 0.15) is 43.7 Å². The molecule has 138 valence electrons. The fraction of sp³-hybridized carbons (Fsp3) is 0.650. The van der Waals surface area contributed by atoms with Gasteiger partial charge >= 0.3 is 0 Å². The first-order chi connectivity index (χ1) is 11.7. The summed E-state index contributed by atoms with van der Waals surface area (Å²) in [5, 5.41) is 0. The van der Waals surface area contributed by atoms with Crippen molar-refractivity contribution in [3.8, 4) is 0 Å². The summed E-state index contributed by atoms with van der Waals surface area (Å²) in [5.41, 5.74) is 7.58. The Labute approximate surface area is 156 Å². The van der Waals surface area contributed by atoms with E-state index in [9.17, 15) is 4.79 Å². The van der Waals surface area contributed by atoms with Gasteiger partial charge in [-0.25, -0.2) is 0 Å². The minimum absolute atomic E-state index is 0. The Hall–Kier alpha value is -1.10. The largest absolute Gasteiger partial charge is 0.377 e. The van der Waals surface area contributed by atoms with Crippen LogP contribution in [-0.4, -0.2) is 36.6 Å². The maximum absolute atomic E-state index is 13.3. The van der Waals surface area contributed by atoms with E-state index in [4.69, 9.17) is 10.5 Å². The summed E-state index contributed by atoms with van der Waals surface area (Å²) in [6.07, 6.45) is 5.65. The van der Waals surface area contributed by atoms with Gasteiger partial charge in [-0.3, -0.25) is 4.79 Å². The van der Waals surface area contributed by atoms with Crippen molar-refractivity contribution in [1.82, 2.24) is 4.90 Å². The first kappa shape index (κ1) is 18.7. The predicted octanol–water partition coefficient (Wildman–Crippen LogP) is 3.16. The molecule has 2 saturated carbocycles. The van der Waals surface area contributed by atoms with Crippen molar-refractivity contribution >= 4 is 18.3 Å². The maximum Gasteiger partial charge on any atom is 0.226 e. The molecule has 3 aliphatic rings. The van der Waals surface area contributed by atoms with Crippen LogP contribution < -0.4 is 5.73 Å². The third-order valence-corrected chi connectivity index (χ3v) is 6.36. The normalized spacial score (nSPS) is 34.9. The molecule has 2 aliphatic carbocycles. The Kier molecular flexibility index (Phi) is 6.03. The SMILES string of the molecule is Cl.NC1C2CCCC1CC(C(=O)N1CCOCC1c1ccccc1)C2. The van der Waals surface area contributed by atoms with Crippen molar-refractivity contribution < 1.29 is 9.53 Å². The first-order valence-electron chi connectivity index (χ1n) is 9.43. The Bertz CT molecular complexity index is 568. The van der Waals surface area contributed by atoms with E-state index in [1.54, 1.807) is 0 Å². The average Bonchev–Trinajstić information content (AvgIpc) is 2.62. The maximum atomic E-state index is 13.3. The summed E-state index contributed by atoms with van der Waals surface area (Å²) in [5.74, 6) is 1.57. The van der Waals surface area contributed by atoms with E-state index in [1.165, 1.54) is 24.8 Å². The number of hydrogen-bond acceptors (Lipinski definition) is 3. The van der Waals surface area contributed by atoms with Gasteiger partial charge in [0.2, 0.25) is 5.91 Å². The smallest absolute Gasteiger partial charge is 0.226 e. The number of hydrogen-bond donors (Lipinski definition) is 1. The second-order valence-electron chi connectivity index (χ2n) is 7.73. The van der Waals surface area contributed by atoms with Crippen LogP contribution >= 0.6 is 12.4 Å². The molecule has 25 heavy (non-hydrogen) atoms. The van der Waals surface area contributed by atoms with Gasteiger partial charge in [0.05, 0.1) is 19.3 Å². The third-order valence-electron chi connectivity index (χ3n) is 6.36. The summed E-state index contributed by atoms with van der Waals surface area (Å²) < 4.78 is 5.68. The van der Waals surface area contributed by atoms with Gasteiger partial charge in [0.15, 0.2) is 0 Å². The Morgan fingerprint density at radius 2 is 1.80 bits per heavy atom. The van der Waals surface area contributed by atoms with Crippen LogP contribution in [0.3, 0.4) is 0 Å². The third kappa shape index (κ3) is 3.71. The van der Waals surface area contributed by atoms with E-state index >= 15 is 0 Å². The van der Waals surface area contributed by atoms with E-state index in [0.29, 0.717) is 43.5 Å². The van der Waals surface area contributed by atoms with Gasteiger partial charge in [0, 0.05) is 18.5 Å². The van der Waals surface area contributed by atoms with Gasteiger partial charge in [0.1, 0.15) is 0 Å². The Morgan fingerprint density at radius 1 is 1.12 bits per heavy atom. The number of rotatable bonds is 2. The molecule has 3 atom stereocenters. The number of nitrogens with zero attached hydrogens (tertiary/aromatic N) is 1. The topological polar surface area (TPSA) is 55.6 Å². The highest BCUT2D eigenvalue weighted by molar-refractivity contribution is 5.85. The van der Waals surface area contributed by atoms with Gasteiger partial charge in [-0.1, -0.05) is 36.8 Å². The number of benzene rings is 1. The fourth-order valence-corrected chi connectivity index (χ4v) is 5.04. The lowest BCUT2D eigenvalue weighted by Crippen LogP contribution is -2.52. The Morgan fingerprint density at radius 3 is 2.48 bits per heavy atom. The highest BCUT2D eigenvalue weighted by Crippen LogP contribution is 2.43. The van der Waals surface area contributed by atoms with E-state index < -0.39 is 0 Å². The number of carbonyl (C=O) groups excluding carboxylic acids is 1. The van der Waals surface area contributed by atoms with Crippen molar-refractivity contribution in [3.63, 3.8) is 0 Å². The molecule has 0 spiro atoms. The number of fused-ring (bicyclic) bond motifs is 2. The number of carbonyl (C=O) groups is 1. The Balaban J connectivity index is 0.00000182. The minimum atomic E-state index is 0. The second kappa shape index (κ2) is 8.07. The van der Waals surface area contributed by atoms with Crippen molar-refractivity contribution in [2.24, 2.45) is 23.5 Å². The number of halogens is 1. The standard InChI is InChI=1S/C20H28N2O2.ClH/c21-19-15-7-4-8-16(19)12-17(11-15)20(23)22-9-10-24-13-18(22)14-5-2-1-3-6-14;/h1-3,5-6,15-19H,4,7-13,21H2;1H. The monoisotopic (exact) mass is 364 g/mol. The summed E-state index contributed by atoms with van der Waals surface area (Å²) in [6, 6.07) is 10.7. The van der Waals surface area contributed by atoms with E-state index in [0.717, 1.165) is 12.8 Å². The van der Waals surface area contributed by atoms with Crippen molar-refractivity contribution in [1.29, 1.82) is 0 Å². The molecule has 0 radical (unpaired) electrons. The van der Waals surface area contributed by atoms with Crippen molar-refractivity contribution in [2.45, 2.75) is 44.2 Å². The molecule has 1 heterocycles. The number of amides is 1. The molecule has 0 aromatic heterocycles. The summed E-state index contributed by atoms with van der Waals surface area (Å²) in [4.78, 5) is 15.4. The highest BCUT2D eigenvalue weighted by atomic mass is 35.5. The molecule has 2 N–H and O–H groups in total. The van der Waals surface area contributed by atoms with Gasteiger partial charge in [-0.15, -0.1) is 12.4 Å². The van der Waals surface area contributed by atoms with Crippen LogP contribution in [-0.2, 0) is 9.53 Å². The van der Waals surface area contributed by atoms with Crippen LogP contribution in [0.25, 0.3) is 0 Å². The minimum Gasteiger partial charge on any atom is -0.377 e. The number of morpholine rings is 1. The van der Waals surface area contributed by atoms with E-state index in [-0.39, 0.29) is 24.4 Å². The number of ether oxygens (including phenoxy) is 1. The summed E-state index contributed by atoms with van der Waals surface area (Å²) >= 11 is 0. The van der Waals surface area contributed by atoms with Gasteiger partial charge in [-0.05, 0) is 43.1 Å². The lowest BCUT2D eigenvalue weighted by molar-refractivity contribution is -0.147. The van der Waals surface area contributed by atoms with Crippen molar-refractivity contribution in [2.75, 3.05) is 19.8 Å². The van der Waals surface area contributed by atoms with Gasteiger partial charge in [0.25, 0.3) is 0 Å². The first-order valence-corrected chi connectivity index (χ1v) is 9.43. The average molecular weight is 365 g/mol. The molecule has 3 unspecified atom stereocenters. The molecule has 1 aromatic rings. The molecule has 5 heteroatoms. The summed E-state index contributed by atoms with van der Waals surface area (Å²) in [6.45, 7) is 1.96. The molecule has 2 bridgehead atoms. The molecule has 1 saturated heterocycles. The molecule has 4 nitrogen and oxygen atoms in total. The lowest BCUT2D eigenvalue weighted by atomic mass is 9.65. The van der Waals surface area contributed by atoms with Crippen LogP contribution in [0.2, 0.25) is 0 Å². The molecule has 3 fully saturated rings. The van der Waals surface area contributed by atoms with Crippen LogP contribution in [0.5, 0.6) is 0 Å². The van der Waals surface area contributed by atoms with Crippen LogP contribution in [0, 0.1) is 17.8 Å². The molecule has 4 rings (SSSR count). The second-order valence-corrected chi connectivity index (χ2v) is 7.73. The molecular weight excluding hydrogens is 336 g/mol. The quantitative estimate of drug-likeness (QED) is 0.876. The summed E-state index contributed by atoms with van der Waals surface area (Å²) in [7, 11) is 0. The zero-order valence-electron chi connectivity index (χ0n) is 14.7. The molecular formula is C20H29ClN2O2. The zero-order valence-corrected chi connectivity index (χ0v) is 15.5. The van der Waals surface area contributed by atoms with Crippen molar-refractivity contribution in [3.05, 3.63) is 35.9 Å². The van der Waals surface area contributed by atoms with Gasteiger partial charge < -0.3 is 15.4 Å². The lowest BCUT2D eigenvalue weighted by Gasteiger charge is -2.46. The zero-order chi connectivity index (χ0) is 16.5. The molecule has 1 aliphatic heterocycles. The number of nitrogens with two attached hydrogens (primary N) is 1. The predicted molar refractivity (Wildman–Crippen MR) is 100 cm³/mol. The highest BCUT2D eigenvalue weighted by Gasteiger charge is 2.43. The van der Waals surface area contributed by atoms with Crippen LogP contribution in [0.4, 0.5) is 0 Å². The fourth-order valence-electron chi connectivity index (χ4n) is 5.04. The van der Waals surface area contributed by atoms with Gasteiger partial charge in [-0.2, -0.15) is 0 Å². The molecule has 1 amide bonds. The van der Waals surface area contributed by atoms with E-state index in [2.05, 4.69) is 17.0 Å². The van der Waals surface area contributed by atoms with E-state index in [1.807, 2.05) is 18.2 Å². The van der Waals surface area contributed by atoms with Crippen LogP contribution in [0.15, 0.2) is 30.3 Å².